The molecule has 1 fully saturated rings. The Hall–Kier alpha value is -3.58. The van der Waals surface area contributed by atoms with Crippen LogP contribution in [-0.4, -0.2) is 51.6 Å². The first-order valence-electron chi connectivity index (χ1n) is 11.6. The van der Waals surface area contributed by atoms with E-state index in [-0.39, 0.29) is 11.4 Å². The van der Waals surface area contributed by atoms with Gasteiger partial charge in [-0.1, -0.05) is 12.1 Å². The van der Waals surface area contributed by atoms with Gasteiger partial charge in [0.25, 0.3) is 0 Å². The largest absolute Gasteiger partial charge is 0.384 e. The van der Waals surface area contributed by atoms with Gasteiger partial charge >= 0.3 is 0 Å². The van der Waals surface area contributed by atoms with E-state index in [1.54, 1.807) is 12.3 Å². The van der Waals surface area contributed by atoms with Gasteiger partial charge in [-0.15, -0.1) is 0 Å². The van der Waals surface area contributed by atoms with Crippen LogP contribution in [0.1, 0.15) is 20.8 Å². The van der Waals surface area contributed by atoms with E-state index in [1.807, 2.05) is 42.5 Å². The molecule has 0 amide bonds. The van der Waals surface area contributed by atoms with E-state index in [1.165, 1.54) is 6.33 Å². The van der Waals surface area contributed by atoms with Gasteiger partial charge in [-0.05, 0) is 68.3 Å². The molecule has 2 aromatic heterocycles. The lowest BCUT2D eigenvalue weighted by Crippen LogP contribution is -2.53. The van der Waals surface area contributed by atoms with E-state index in [0.29, 0.717) is 17.2 Å². The summed E-state index contributed by atoms with van der Waals surface area (Å²) in [5.74, 6) is 0.231. The van der Waals surface area contributed by atoms with Crippen LogP contribution < -0.4 is 10.6 Å². The van der Waals surface area contributed by atoms with Crippen LogP contribution in [0.3, 0.4) is 0 Å². The molecule has 0 aliphatic carbocycles. The molecule has 0 spiro atoms. The van der Waals surface area contributed by atoms with Gasteiger partial charge in [-0.25, -0.2) is 19.3 Å². The molecule has 2 N–H and O–H groups in total. The zero-order valence-corrected chi connectivity index (χ0v) is 19.8. The fourth-order valence-corrected chi connectivity index (χ4v) is 4.62. The van der Waals surface area contributed by atoms with E-state index in [4.69, 9.17) is 5.73 Å². The van der Waals surface area contributed by atoms with E-state index < -0.39 is 0 Å². The van der Waals surface area contributed by atoms with Gasteiger partial charge in [0.05, 0.1) is 16.9 Å². The Kier molecular flexibility index (Phi) is 5.65. The number of nitrogens with two attached hydrogens (primary N) is 1. The number of nitrogens with zero attached hydrogens (tertiary/aromatic N) is 5. The number of pyridine rings is 1. The fraction of sp³-hybridized carbons (Fsp3) is 0.296. The predicted molar refractivity (Wildman–Crippen MR) is 136 cm³/mol. The second-order valence-corrected chi connectivity index (χ2v) is 9.73. The molecular formula is C27H29FN6. The molecule has 1 aliphatic rings. The van der Waals surface area contributed by atoms with Gasteiger partial charge in [-0.2, -0.15) is 0 Å². The number of rotatable bonds is 3. The zero-order chi connectivity index (χ0) is 23.9. The first-order chi connectivity index (χ1) is 16.3. The SMILES string of the molecule is CC(C)(C)N1CCN(c2ccc(-c3ncnc4ccc(-c5ccnc(N)c5)cc34)cc2F)CC1. The van der Waals surface area contributed by atoms with Crippen molar-refractivity contribution < 1.29 is 4.39 Å². The average Bonchev–Trinajstić information content (AvgIpc) is 2.83. The van der Waals surface area contributed by atoms with Gasteiger partial charge in [0.1, 0.15) is 18.0 Å². The van der Waals surface area contributed by atoms with Crippen molar-refractivity contribution in [1.82, 2.24) is 19.9 Å². The number of nitrogen functional groups attached to an aromatic ring is 1. The third-order valence-corrected chi connectivity index (χ3v) is 6.54. The van der Waals surface area contributed by atoms with E-state index >= 15 is 4.39 Å². The van der Waals surface area contributed by atoms with Crippen molar-refractivity contribution in [3.8, 4) is 22.4 Å². The molecule has 2 aromatic carbocycles. The van der Waals surface area contributed by atoms with Crippen molar-refractivity contribution in [3.05, 3.63) is 66.9 Å². The zero-order valence-electron chi connectivity index (χ0n) is 19.8. The molecule has 1 saturated heterocycles. The molecule has 0 bridgehead atoms. The highest BCUT2D eigenvalue weighted by Crippen LogP contribution is 2.32. The minimum Gasteiger partial charge on any atom is -0.384 e. The van der Waals surface area contributed by atoms with E-state index in [2.05, 4.69) is 45.5 Å². The standard InChI is InChI=1S/C27H29FN6/c1-27(2,3)34-12-10-33(11-13-34)24-7-5-20(15-22(24)28)26-21-14-18(4-6-23(21)31-17-32-26)19-8-9-30-25(29)16-19/h4-9,14-17H,10-13H2,1-3H3,(H2,29,30). The number of hydrogen-bond acceptors (Lipinski definition) is 6. The Morgan fingerprint density at radius 3 is 2.26 bits per heavy atom. The van der Waals surface area contributed by atoms with Gasteiger partial charge in [0, 0.05) is 48.9 Å². The number of halogens is 1. The molecule has 34 heavy (non-hydrogen) atoms. The fourth-order valence-electron chi connectivity index (χ4n) is 4.62. The number of benzene rings is 2. The molecular weight excluding hydrogens is 427 g/mol. The monoisotopic (exact) mass is 456 g/mol. The number of fused-ring (bicyclic) bond motifs is 1. The molecule has 0 unspecified atom stereocenters. The predicted octanol–water partition coefficient (Wildman–Crippen LogP) is 5.00. The number of hydrogen-bond donors (Lipinski definition) is 1. The van der Waals surface area contributed by atoms with Crippen molar-refractivity contribution >= 4 is 22.4 Å². The van der Waals surface area contributed by atoms with Crippen LogP contribution in [0, 0.1) is 5.82 Å². The van der Waals surface area contributed by atoms with Crippen molar-refractivity contribution in [3.63, 3.8) is 0 Å². The number of piperazine rings is 1. The quantitative estimate of drug-likeness (QED) is 0.468. The summed E-state index contributed by atoms with van der Waals surface area (Å²) in [6.07, 6.45) is 3.21. The summed E-state index contributed by atoms with van der Waals surface area (Å²) in [6, 6.07) is 15.1. The molecule has 0 radical (unpaired) electrons. The molecule has 3 heterocycles. The maximum Gasteiger partial charge on any atom is 0.147 e. The maximum absolute atomic E-state index is 15.3. The van der Waals surface area contributed by atoms with Crippen LogP contribution in [0.5, 0.6) is 0 Å². The Labute approximate surface area is 199 Å². The smallest absolute Gasteiger partial charge is 0.147 e. The van der Waals surface area contributed by atoms with Crippen LogP contribution in [0.2, 0.25) is 0 Å². The van der Waals surface area contributed by atoms with Crippen LogP contribution >= 0.6 is 0 Å². The summed E-state index contributed by atoms with van der Waals surface area (Å²) in [6.45, 7) is 10.1. The first kappa shape index (κ1) is 22.2. The number of aromatic nitrogens is 3. The highest BCUT2D eigenvalue weighted by atomic mass is 19.1. The molecule has 0 atom stereocenters. The highest BCUT2D eigenvalue weighted by molar-refractivity contribution is 5.95. The summed E-state index contributed by atoms with van der Waals surface area (Å²) >= 11 is 0. The third-order valence-electron chi connectivity index (χ3n) is 6.54. The van der Waals surface area contributed by atoms with Crippen LogP contribution in [0.25, 0.3) is 33.3 Å². The average molecular weight is 457 g/mol. The van der Waals surface area contributed by atoms with Crippen molar-refractivity contribution in [2.45, 2.75) is 26.3 Å². The number of anilines is 2. The lowest BCUT2D eigenvalue weighted by Gasteiger charge is -2.43. The maximum atomic E-state index is 15.3. The normalized spacial score (nSPS) is 15.1. The minimum absolute atomic E-state index is 0.128. The van der Waals surface area contributed by atoms with Crippen LogP contribution in [0.4, 0.5) is 15.9 Å². The van der Waals surface area contributed by atoms with Gasteiger partial charge < -0.3 is 10.6 Å². The molecule has 174 valence electrons. The van der Waals surface area contributed by atoms with Crippen LogP contribution in [0.15, 0.2) is 61.1 Å². The third kappa shape index (κ3) is 4.31. The lowest BCUT2D eigenvalue weighted by atomic mass is 10.0. The molecule has 4 aromatic rings. The summed E-state index contributed by atoms with van der Waals surface area (Å²) in [4.78, 5) is 17.6. The van der Waals surface area contributed by atoms with Crippen LogP contribution in [-0.2, 0) is 0 Å². The summed E-state index contributed by atoms with van der Waals surface area (Å²) in [5, 5.41) is 0.862. The van der Waals surface area contributed by atoms with Gasteiger partial charge in [-0.3, -0.25) is 4.90 Å². The van der Waals surface area contributed by atoms with Gasteiger partial charge in [0.2, 0.25) is 0 Å². The van der Waals surface area contributed by atoms with E-state index in [0.717, 1.165) is 53.8 Å². The molecule has 6 nitrogen and oxygen atoms in total. The summed E-state index contributed by atoms with van der Waals surface area (Å²) in [7, 11) is 0. The second-order valence-electron chi connectivity index (χ2n) is 9.73. The summed E-state index contributed by atoms with van der Waals surface area (Å²) < 4.78 is 15.3. The Balaban J connectivity index is 1.47. The van der Waals surface area contributed by atoms with Crippen molar-refractivity contribution in [2.75, 3.05) is 36.8 Å². The van der Waals surface area contributed by atoms with E-state index in [9.17, 15) is 0 Å². The van der Waals surface area contributed by atoms with Crippen molar-refractivity contribution in [1.29, 1.82) is 0 Å². The first-order valence-corrected chi connectivity index (χ1v) is 11.6. The minimum atomic E-state index is -0.230. The highest BCUT2D eigenvalue weighted by Gasteiger charge is 2.27. The lowest BCUT2D eigenvalue weighted by molar-refractivity contribution is 0.128. The molecule has 7 heteroatoms. The van der Waals surface area contributed by atoms with Crippen molar-refractivity contribution in [2.24, 2.45) is 0 Å². The molecule has 5 rings (SSSR count). The second kappa shape index (κ2) is 8.65. The van der Waals surface area contributed by atoms with Gasteiger partial charge in [0.15, 0.2) is 0 Å². The molecule has 1 aliphatic heterocycles. The summed E-state index contributed by atoms with van der Waals surface area (Å²) in [5.41, 5.74) is 10.8. The Bertz CT molecular complexity index is 1340. The Morgan fingerprint density at radius 2 is 1.56 bits per heavy atom. The topological polar surface area (TPSA) is 71.2 Å². The Morgan fingerprint density at radius 1 is 0.824 bits per heavy atom. The molecule has 0 saturated carbocycles.